The SMILES string of the molecule is COc1ccc2nc(C3CSCCN3)sc2c1. The maximum atomic E-state index is 5.24. The zero-order chi connectivity index (χ0) is 11.7. The van der Waals surface area contributed by atoms with Crippen molar-refractivity contribution in [1.29, 1.82) is 0 Å². The molecule has 1 saturated heterocycles. The number of hydrogen-bond acceptors (Lipinski definition) is 5. The Hall–Kier alpha value is -0.780. The molecule has 0 spiro atoms. The van der Waals surface area contributed by atoms with Crippen LogP contribution in [-0.2, 0) is 0 Å². The first-order valence-corrected chi connectivity index (χ1v) is 7.59. The van der Waals surface area contributed by atoms with Gasteiger partial charge in [0.25, 0.3) is 0 Å². The molecule has 2 aromatic rings. The van der Waals surface area contributed by atoms with Crippen LogP contribution in [-0.4, -0.2) is 30.1 Å². The molecule has 1 aliphatic rings. The summed E-state index contributed by atoms with van der Waals surface area (Å²) in [5.41, 5.74) is 1.07. The Labute approximate surface area is 109 Å². The topological polar surface area (TPSA) is 34.1 Å². The summed E-state index contributed by atoms with van der Waals surface area (Å²) in [6.07, 6.45) is 0. The van der Waals surface area contributed by atoms with Crippen molar-refractivity contribution in [1.82, 2.24) is 10.3 Å². The van der Waals surface area contributed by atoms with E-state index in [0.29, 0.717) is 6.04 Å². The second-order valence-electron chi connectivity index (χ2n) is 3.97. The number of ether oxygens (including phenoxy) is 1. The Kier molecular flexibility index (Phi) is 3.22. The smallest absolute Gasteiger partial charge is 0.120 e. The van der Waals surface area contributed by atoms with Crippen LogP contribution in [0.15, 0.2) is 18.2 Å². The predicted molar refractivity (Wildman–Crippen MR) is 74.2 cm³/mol. The Morgan fingerprint density at radius 1 is 1.47 bits per heavy atom. The van der Waals surface area contributed by atoms with Crippen molar-refractivity contribution >= 4 is 33.3 Å². The van der Waals surface area contributed by atoms with Gasteiger partial charge in [-0.2, -0.15) is 11.8 Å². The van der Waals surface area contributed by atoms with E-state index in [1.54, 1.807) is 18.4 Å². The first-order chi connectivity index (χ1) is 8.36. The Balaban J connectivity index is 1.95. The van der Waals surface area contributed by atoms with Crippen LogP contribution in [0.1, 0.15) is 11.0 Å². The number of benzene rings is 1. The van der Waals surface area contributed by atoms with Crippen LogP contribution in [0, 0.1) is 0 Å². The average molecular weight is 266 g/mol. The largest absolute Gasteiger partial charge is 0.497 e. The summed E-state index contributed by atoms with van der Waals surface area (Å²) >= 11 is 3.76. The van der Waals surface area contributed by atoms with Gasteiger partial charge < -0.3 is 10.1 Å². The molecule has 0 aliphatic carbocycles. The number of methoxy groups -OCH3 is 1. The van der Waals surface area contributed by atoms with Crippen LogP contribution in [0.3, 0.4) is 0 Å². The third-order valence-electron chi connectivity index (χ3n) is 2.83. The van der Waals surface area contributed by atoms with Crippen LogP contribution in [0.4, 0.5) is 0 Å². The highest BCUT2D eigenvalue weighted by Gasteiger charge is 2.18. The van der Waals surface area contributed by atoms with Crippen molar-refractivity contribution < 1.29 is 4.74 Å². The predicted octanol–water partition coefficient (Wildman–Crippen LogP) is 2.68. The van der Waals surface area contributed by atoms with Gasteiger partial charge in [0, 0.05) is 18.1 Å². The standard InChI is InChI=1S/C12H14N2OS2/c1-15-8-2-3-9-11(6-8)17-12(14-9)10-7-16-5-4-13-10/h2-3,6,10,13H,4-5,7H2,1H3. The molecule has 1 unspecified atom stereocenters. The lowest BCUT2D eigenvalue weighted by molar-refractivity contribution is 0.415. The molecule has 17 heavy (non-hydrogen) atoms. The molecule has 3 rings (SSSR count). The fourth-order valence-corrected chi connectivity index (χ4v) is 4.04. The summed E-state index contributed by atoms with van der Waals surface area (Å²) in [6.45, 7) is 1.08. The van der Waals surface area contributed by atoms with E-state index in [4.69, 9.17) is 9.72 Å². The van der Waals surface area contributed by atoms with Crippen LogP contribution >= 0.6 is 23.1 Å². The van der Waals surface area contributed by atoms with Gasteiger partial charge in [0.15, 0.2) is 0 Å². The van der Waals surface area contributed by atoms with Gasteiger partial charge in [-0.1, -0.05) is 0 Å². The van der Waals surface area contributed by atoms with E-state index in [9.17, 15) is 0 Å². The molecule has 1 atom stereocenters. The van der Waals surface area contributed by atoms with Gasteiger partial charge in [-0.25, -0.2) is 4.98 Å². The lowest BCUT2D eigenvalue weighted by Gasteiger charge is -2.20. The minimum Gasteiger partial charge on any atom is -0.497 e. The molecule has 1 aliphatic heterocycles. The number of nitrogens with zero attached hydrogens (tertiary/aromatic N) is 1. The summed E-state index contributed by atoms with van der Waals surface area (Å²) in [5, 5.41) is 4.72. The van der Waals surface area contributed by atoms with E-state index < -0.39 is 0 Å². The molecule has 3 nitrogen and oxygen atoms in total. The Morgan fingerprint density at radius 2 is 2.41 bits per heavy atom. The molecule has 1 N–H and O–H groups in total. The number of thioether (sulfide) groups is 1. The van der Waals surface area contributed by atoms with Crippen LogP contribution in [0.25, 0.3) is 10.2 Å². The van der Waals surface area contributed by atoms with Gasteiger partial charge in [-0.3, -0.25) is 0 Å². The number of nitrogens with one attached hydrogen (secondary N) is 1. The van der Waals surface area contributed by atoms with Crippen molar-refractivity contribution in [2.24, 2.45) is 0 Å². The monoisotopic (exact) mass is 266 g/mol. The molecule has 0 bridgehead atoms. The van der Waals surface area contributed by atoms with Gasteiger partial charge in [-0.15, -0.1) is 11.3 Å². The maximum Gasteiger partial charge on any atom is 0.120 e. The van der Waals surface area contributed by atoms with E-state index in [0.717, 1.165) is 23.6 Å². The van der Waals surface area contributed by atoms with Crippen molar-refractivity contribution in [3.8, 4) is 5.75 Å². The first kappa shape index (κ1) is 11.3. The lowest BCUT2D eigenvalue weighted by atomic mass is 10.3. The summed E-state index contributed by atoms with van der Waals surface area (Å²) in [7, 11) is 1.70. The van der Waals surface area contributed by atoms with Crippen molar-refractivity contribution in [2.75, 3.05) is 25.2 Å². The van der Waals surface area contributed by atoms with Crippen LogP contribution in [0.2, 0.25) is 0 Å². The molecule has 5 heteroatoms. The van der Waals surface area contributed by atoms with E-state index in [1.165, 1.54) is 15.5 Å². The first-order valence-electron chi connectivity index (χ1n) is 5.62. The van der Waals surface area contributed by atoms with Crippen LogP contribution < -0.4 is 10.1 Å². The third kappa shape index (κ3) is 2.27. The number of fused-ring (bicyclic) bond motifs is 1. The highest BCUT2D eigenvalue weighted by molar-refractivity contribution is 7.99. The molecule has 90 valence electrons. The summed E-state index contributed by atoms with van der Waals surface area (Å²) in [4.78, 5) is 4.70. The van der Waals surface area contributed by atoms with Gasteiger partial charge >= 0.3 is 0 Å². The highest BCUT2D eigenvalue weighted by atomic mass is 32.2. The Bertz CT molecular complexity index is 520. The molecule has 0 amide bonds. The van der Waals surface area contributed by atoms with Gasteiger partial charge in [-0.05, 0) is 18.2 Å². The van der Waals surface area contributed by atoms with Gasteiger partial charge in [0.2, 0.25) is 0 Å². The van der Waals surface area contributed by atoms with Gasteiger partial charge in [0.05, 0.1) is 23.4 Å². The van der Waals surface area contributed by atoms with E-state index in [-0.39, 0.29) is 0 Å². The molecule has 0 radical (unpaired) electrons. The van der Waals surface area contributed by atoms with Crippen molar-refractivity contribution in [3.05, 3.63) is 23.2 Å². The van der Waals surface area contributed by atoms with Crippen LogP contribution in [0.5, 0.6) is 5.75 Å². The second-order valence-corrected chi connectivity index (χ2v) is 6.18. The summed E-state index contributed by atoms with van der Waals surface area (Å²) in [5.74, 6) is 3.23. The number of rotatable bonds is 2. The zero-order valence-corrected chi connectivity index (χ0v) is 11.2. The van der Waals surface area contributed by atoms with E-state index in [1.807, 2.05) is 23.9 Å². The molecule has 0 saturated carbocycles. The zero-order valence-electron chi connectivity index (χ0n) is 9.60. The fourth-order valence-electron chi connectivity index (χ4n) is 1.92. The molecule has 1 aromatic carbocycles. The molecule has 2 heterocycles. The highest BCUT2D eigenvalue weighted by Crippen LogP contribution is 2.31. The molecule has 1 fully saturated rings. The Morgan fingerprint density at radius 3 is 3.18 bits per heavy atom. The molecule has 1 aromatic heterocycles. The summed E-state index contributed by atoms with van der Waals surface area (Å²) < 4.78 is 6.44. The van der Waals surface area contributed by atoms with Crippen molar-refractivity contribution in [2.45, 2.75) is 6.04 Å². The number of aromatic nitrogens is 1. The molecular formula is C12H14N2OS2. The van der Waals surface area contributed by atoms with E-state index in [2.05, 4.69) is 11.4 Å². The van der Waals surface area contributed by atoms with Crippen molar-refractivity contribution in [3.63, 3.8) is 0 Å². The minimum atomic E-state index is 0.414. The fraction of sp³-hybridized carbons (Fsp3) is 0.417. The minimum absolute atomic E-state index is 0.414. The number of thiazole rings is 1. The second kappa shape index (κ2) is 4.84. The third-order valence-corrected chi connectivity index (χ3v) is 5.03. The molecular weight excluding hydrogens is 252 g/mol. The average Bonchev–Trinajstić information content (AvgIpc) is 2.82. The quantitative estimate of drug-likeness (QED) is 0.906. The number of hydrogen-bond donors (Lipinski definition) is 1. The normalized spacial score (nSPS) is 20.6. The maximum absolute atomic E-state index is 5.24. The lowest BCUT2D eigenvalue weighted by Crippen LogP contribution is -2.30. The summed E-state index contributed by atoms with van der Waals surface area (Å²) in [6, 6.07) is 6.48. The van der Waals surface area contributed by atoms with E-state index >= 15 is 0 Å². The van der Waals surface area contributed by atoms with Gasteiger partial charge in [0.1, 0.15) is 10.8 Å².